The normalized spacial score (nSPS) is 12.3. The predicted octanol–water partition coefficient (Wildman–Crippen LogP) is 3.73. The number of hydrogen-bond acceptors (Lipinski definition) is 2. The molecule has 0 fully saturated rings. The molecular weight excluding hydrogens is 332 g/mol. The number of aromatic nitrogens is 2. The maximum atomic E-state index is 12.1. The highest BCUT2D eigenvalue weighted by molar-refractivity contribution is 6.39. The third kappa shape index (κ3) is 2.36. The van der Waals surface area contributed by atoms with Crippen molar-refractivity contribution in [3.05, 3.63) is 72.1 Å². The van der Waals surface area contributed by atoms with Gasteiger partial charge in [0.1, 0.15) is 0 Å². The summed E-state index contributed by atoms with van der Waals surface area (Å²) in [7, 11) is 0. The van der Waals surface area contributed by atoms with E-state index in [0.717, 1.165) is 11.0 Å². The van der Waals surface area contributed by atoms with E-state index in [0.29, 0.717) is 21.9 Å². The number of carboxylic acids is 2. The number of fused-ring (bicyclic) bond motifs is 2. The van der Waals surface area contributed by atoms with Crippen molar-refractivity contribution < 1.29 is 19.8 Å². The summed E-state index contributed by atoms with van der Waals surface area (Å²) in [6, 6.07) is 14.4. The van der Waals surface area contributed by atoms with Gasteiger partial charge in [-0.1, -0.05) is 36.4 Å². The lowest BCUT2D eigenvalue weighted by Crippen LogP contribution is -2.09. The minimum absolute atomic E-state index is 0.250. The standard InChI is InChI=1S/C20H14N2O4/c23-19(24)17(13-9-21-15-7-3-1-5-11(13)15)18(20(25)26)14-10-22-16-8-4-2-6-12(14)16/h1-10,21-22H,(H,23,24)(H,25,26). The molecule has 0 aliphatic rings. The molecule has 6 nitrogen and oxygen atoms in total. The zero-order valence-electron chi connectivity index (χ0n) is 13.5. The molecule has 0 aliphatic heterocycles. The predicted molar refractivity (Wildman–Crippen MR) is 98.7 cm³/mol. The SMILES string of the molecule is O=C(O)C(=C(C(=O)O)c1c[nH]c2ccccc12)c1c[nH]c2ccccc12. The Morgan fingerprint density at radius 3 is 1.42 bits per heavy atom. The largest absolute Gasteiger partial charge is 0.478 e. The molecule has 0 bridgehead atoms. The van der Waals surface area contributed by atoms with Gasteiger partial charge in [-0.15, -0.1) is 0 Å². The molecule has 2 heterocycles. The second-order valence-electron chi connectivity index (χ2n) is 5.86. The smallest absolute Gasteiger partial charge is 0.337 e. The van der Waals surface area contributed by atoms with E-state index in [1.54, 1.807) is 24.3 Å². The first-order chi connectivity index (χ1) is 12.6. The van der Waals surface area contributed by atoms with Crippen LogP contribution in [0.3, 0.4) is 0 Å². The molecule has 128 valence electrons. The Morgan fingerprint density at radius 2 is 1.04 bits per heavy atom. The Bertz CT molecular complexity index is 1100. The van der Waals surface area contributed by atoms with E-state index in [2.05, 4.69) is 9.97 Å². The van der Waals surface area contributed by atoms with Gasteiger partial charge in [0.15, 0.2) is 0 Å². The topological polar surface area (TPSA) is 106 Å². The molecule has 4 rings (SSSR count). The van der Waals surface area contributed by atoms with Crippen LogP contribution in [0.4, 0.5) is 0 Å². The van der Waals surface area contributed by atoms with Gasteiger partial charge >= 0.3 is 11.9 Å². The Labute approximate surface area is 147 Å². The van der Waals surface area contributed by atoms with Crippen LogP contribution in [0.5, 0.6) is 0 Å². The Hall–Kier alpha value is -3.80. The van der Waals surface area contributed by atoms with Gasteiger partial charge in [0, 0.05) is 45.3 Å². The van der Waals surface area contributed by atoms with E-state index in [4.69, 9.17) is 0 Å². The van der Waals surface area contributed by atoms with E-state index in [9.17, 15) is 19.8 Å². The number of nitrogens with one attached hydrogen (secondary N) is 2. The first-order valence-corrected chi connectivity index (χ1v) is 7.91. The molecule has 0 atom stereocenters. The highest BCUT2D eigenvalue weighted by Gasteiger charge is 2.27. The summed E-state index contributed by atoms with van der Waals surface area (Å²) in [4.78, 5) is 30.1. The van der Waals surface area contributed by atoms with Gasteiger partial charge in [-0.3, -0.25) is 0 Å². The highest BCUT2D eigenvalue weighted by atomic mass is 16.4. The summed E-state index contributed by atoms with van der Waals surface area (Å²) < 4.78 is 0. The second kappa shape index (κ2) is 5.93. The van der Waals surface area contributed by atoms with E-state index < -0.39 is 11.9 Å². The first-order valence-electron chi connectivity index (χ1n) is 7.91. The number of carboxylic acid groups (broad SMARTS) is 2. The van der Waals surface area contributed by atoms with Crippen molar-refractivity contribution in [2.24, 2.45) is 0 Å². The van der Waals surface area contributed by atoms with Crippen LogP contribution in [-0.4, -0.2) is 32.1 Å². The summed E-state index contributed by atoms with van der Waals surface area (Å²) in [6.07, 6.45) is 3.07. The number of carbonyl (C=O) groups is 2. The van der Waals surface area contributed by atoms with E-state index in [1.165, 1.54) is 12.4 Å². The Kier molecular flexibility index (Phi) is 3.58. The van der Waals surface area contributed by atoms with Crippen LogP contribution in [0, 0.1) is 0 Å². The van der Waals surface area contributed by atoms with Crippen LogP contribution in [0.2, 0.25) is 0 Å². The lowest BCUT2D eigenvalue weighted by molar-refractivity contribution is -0.132. The lowest BCUT2D eigenvalue weighted by Gasteiger charge is -2.08. The molecule has 0 amide bonds. The molecule has 26 heavy (non-hydrogen) atoms. The summed E-state index contributed by atoms with van der Waals surface area (Å²) >= 11 is 0. The number of aliphatic carboxylic acids is 2. The molecule has 0 unspecified atom stereocenters. The monoisotopic (exact) mass is 346 g/mol. The molecular formula is C20H14N2O4. The van der Waals surface area contributed by atoms with Crippen LogP contribution < -0.4 is 0 Å². The van der Waals surface area contributed by atoms with Gasteiger partial charge in [0.25, 0.3) is 0 Å². The number of aromatic amines is 2. The van der Waals surface area contributed by atoms with Crippen LogP contribution >= 0.6 is 0 Å². The fourth-order valence-corrected chi connectivity index (χ4v) is 3.27. The maximum Gasteiger partial charge on any atom is 0.337 e. The van der Waals surface area contributed by atoms with Gasteiger partial charge in [-0.05, 0) is 12.1 Å². The summed E-state index contributed by atoms with van der Waals surface area (Å²) in [5, 5.41) is 21.0. The number of para-hydroxylation sites is 2. The van der Waals surface area contributed by atoms with Crippen LogP contribution in [0.25, 0.3) is 33.0 Å². The van der Waals surface area contributed by atoms with E-state index >= 15 is 0 Å². The molecule has 6 heteroatoms. The van der Waals surface area contributed by atoms with Gasteiger partial charge in [-0.2, -0.15) is 0 Å². The number of rotatable bonds is 4. The van der Waals surface area contributed by atoms with Crippen molar-refractivity contribution in [1.29, 1.82) is 0 Å². The van der Waals surface area contributed by atoms with Gasteiger partial charge in [0.05, 0.1) is 11.1 Å². The Morgan fingerprint density at radius 1 is 0.654 bits per heavy atom. The minimum Gasteiger partial charge on any atom is -0.478 e. The quantitative estimate of drug-likeness (QED) is 0.422. The summed E-state index contributed by atoms with van der Waals surface area (Å²) in [6.45, 7) is 0. The average Bonchev–Trinajstić information content (AvgIpc) is 3.23. The second-order valence-corrected chi connectivity index (χ2v) is 5.86. The fourth-order valence-electron chi connectivity index (χ4n) is 3.27. The van der Waals surface area contributed by atoms with Gasteiger partial charge in [-0.25, -0.2) is 9.59 Å². The summed E-state index contributed by atoms with van der Waals surface area (Å²) in [5.74, 6) is -2.59. The molecule has 2 aromatic carbocycles. The molecule has 0 radical (unpaired) electrons. The first kappa shape index (κ1) is 15.7. The van der Waals surface area contributed by atoms with Gasteiger partial charge < -0.3 is 20.2 Å². The van der Waals surface area contributed by atoms with Crippen molar-refractivity contribution in [1.82, 2.24) is 9.97 Å². The van der Waals surface area contributed by atoms with Crippen molar-refractivity contribution >= 4 is 44.9 Å². The van der Waals surface area contributed by atoms with Crippen molar-refractivity contribution in [3.8, 4) is 0 Å². The third-order valence-electron chi connectivity index (χ3n) is 4.39. The average molecular weight is 346 g/mol. The number of hydrogen-bond donors (Lipinski definition) is 4. The van der Waals surface area contributed by atoms with E-state index in [1.807, 2.05) is 24.3 Å². The molecule has 4 N–H and O–H groups in total. The number of H-pyrrole nitrogens is 2. The van der Waals surface area contributed by atoms with Crippen molar-refractivity contribution in [3.63, 3.8) is 0 Å². The molecule has 0 saturated heterocycles. The van der Waals surface area contributed by atoms with Gasteiger partial charge in [0.2, 0.25) is 0 Å². The highest BCUT2D eigenvalue weighted by Crippen LogP contribution is 2.34. The molecule has 4 aromatic rings. The maximum absolute atomic E-state index is 12.1. The fraction of sp³-hybridized carbons (Fsp3) is 0. The molecule has 0 aliphatic carbocycles. The third-order valence-corrected chi connectivity index (χ3v) is 4.39. The zero-order valence-corrected chi connectivity index (χ0v) is 13.5. The lowest BCUT2D eigenvalue weighted by atomic mass is 9.94. The van der Waals surface area contributed by atoms with Crippen LogP contribution in [0.1, 0.15) is 11.1 Å². The minimum atomic E-state index is -1.29. The molecule has 0 saturated carbocycles. The van der Waals surface area contributed by atoms with Crippen molar-refractivity contribution in [2.75, 3.05) is 0 Å². The zero-order chi connectivity index (χ0) is 18.3. The summed E-state index contributed by atoms with van der Waals surface area (Å²) in [5.41, 5.74) is 1.67. The van der Waals surface area contributed by atoms with Crippen LogP contribution in [0.15, 0.2) is 60.9 Å². The molecule has 2 aromatic heterocycles. The van der Waals surface area contributed by atoms with E-state index in [-0.39, 0.29) is 11.1 Å². The molecule has 0 spiro atoms. The number of benzene rings is 2. The Balaban J connectivity index is 2.09. The van der Waals surface area contributed by atoms with Crippen LogP contribution in [-0.2, 0) is 9.59 Å². The van der Waals surface area contributed by atoms with Crippen molar-refractivity contribution in [2.45, 2.75) is 0 Å².